The van der Waals surface area contributed by atoms with Crippen molar-refractivity contribution in [2.75, 3.05) is 17.2 Å². The molecule has 0 aromatic heterocycles. The SMILES string of the molecule is Cc1cc(C)cc(NC(=O)COC(=O)CCC(=O)Nc2ccc(Oc3cc(C)cc(C)c3)cc2)c1. The van der Waals surface area contributed by atoms with Crippen LogP contribution in [0.1, 0.15) is 35.1 Å². The van der Waals surface area contributed by atoms with Gasteiger partial charge in [0.1, 0.15) is 11.5 Å². The maximum Gasteiger partial charge on any atom is 0.306 e. The van der Waals surface area contributed by atoms with Crippen molar-refractivity contribution in [3.8, 4) is 11.5 Å². The molecule has 7 heteroatoms. The van der Waals surface area contributed by atoms with Crippen molar-refractivity contribution in [1.29, 1.82) is 0 Å². The highest BCUT2D eigenvalue weighted by molar-refractivity contribution is 5.94. The van der Waals surface area contributed by atoms with E-state index in [-0.39, 0.29) is 18.7 Å². The molecular formula is C28H30N2O5. The van der Waals surface area contributed by atoms with Crippen LogP contribution in [0.3, 0.4) is 0 Å². The highest BCUT2D eigenvalue weighted by Gasteiger charge is 2.11. The smallest absolute Gasteiger partial charge is 0.306 e. The lowest BCUT2D eigenvalue weighted by molar-refractivity contribution is -0.147. The predicted octanol–water partition coefficient (Wildman–Crippen LogP) is 5.61. The molecule has 35 heavy (non-hydrogen) atoms. The van der Waals surface area contributed by atoms with E-state index in [1.165, 1.54) is 0 Å². The van der Waals surface area contributed by atoms with E-state index in [0.29, 0.717) is 17.1 Å². The van der Waals surface area contributed by atoms with Crippen molar-refractivity contribution in [1.82, 2.24) is 0 Å². The van der Waals surface area contributed by atoms with Crippen molar-refractivity contribution >= 4 is 29.2 Å². The second-order valence-electron chi connectivity index (χ2n) is 8.58. The average Bonchev–Trinajstić information content (AvgIpc) is 2.76. The summed E-state index contributed by atoms with van der Waals surface area (Å²) < 4.78 is 10.8. The van der Waals surface area contributed by atoms with E-state index in [9.17, 15) is 14.4 Å². The molecule has 3 aromatic rings. The Bertz CT molecular complexity index is 1180. The third kappa shape index (κ3) is 8.62. The Morgan fingerprint density at radius 1 is 0.629 bits per heavy atom. The maximum absolute atomic E-state index is 12.2. The summed E-state index contributed by atoms with van der Waals surface area (Å²) in [7, 11) is 0. The molecule has 3 rings (SSSR count). The third-order valence-electron chi connectivity index (χ3n) is 4.99. The summed E-state index contributed by atoms with van der Waals surface area (Å²) in [5.74, 6) is 0.0182. The molecular weight excluding hydrogens is 444 g/mol. The van der Waals surface area contributed by atoms with Crippen LogP contribution in [-0.4, -0.2) is 24.4 Å². The molecule has 2 amide bonds. The molecule has 0 unspecified atom stereocenters. The van der Waals surface area contributed by atoms with Crippen molar-refractivity contribution in [3.63, 3.8) is 0 Å². The fraction of sp³-hybridized carbons (Fsp3) is 0.250. The van der Waals surface area contributed by atoms with Crippen molar-refractivity contribution in [3.05, 3.63) is 82.9 Å². The molecule has 0 fully saturated rings. The van der Waals surface area contributed by atoms with Gasteiger partial charge in [-0.2, -0.15) is 0 Å². The van der Waals surface area contributed by atoms with Crippen LogP contribution in [-0.2, 0) is 19.1 Å². The molecule has 182 valence electrons. The van der Waals surface area contributed by atoms with Gasteiger partial charge in [-0.25, -0.2) is 0 Å². The molecule has 0 saturated carbocycles. The number of aryl methyl sites for hydroxylation is 4. The standard InChI is InChI=1S/C28H30N2O5/c1-18-11-19(2)14-23(13-18)30-27(32)17-34-28(33)10-9-26(31)29-22-5-7-24(8-6-22)35-25-15-20(3)12-21(4)16-25/h5-8,11-16H,9-10,17H2,1-4H3,(H,29,31)(H,30,32). The first kappa shape index (κ1) is 25.5. The van der Waals surface area contributed by atoms with Crippen LogP contribution in [0.15, 0.2) is 60.7 Å². The number of carbonyl (C=O) groups is 3. The number of carbonyl (C=O) groups excluding carboxylic acids is 3. The topological polar surface area (TPSA) is 93.7 Å². The first-order chi connectivity index (χ1) is 16.7. The summed E-state index contributed by atoms with van der Waals surface area (Å²) in [5, 5.41) is 5.43. The van der Waals surface area contributed by atoms with E-state index in [2.05, 4.69) is 16.7 Å². The van der Waals surface area contributed by atoms with Crippen molar-refractivity contribution in [2.24, 2.45) is 0 Å². The van der Waals surface area contributed by atoms with E-state index in [1.807, 2.05) is 58.0 Å². The van der Waals surface area contributed by atoms with Crippen LogP contribution >= 0.6 is 0 Å². The number of ether oxygens (including phenoxy) is 2. The average molecular weight is 475 g/mol. The molecule has 0 aliphatic rings. The van der Waals surface area contributed by atoms with E-state index >= 15 is 0 Å². The third-order valence-corrected chi connectivity index (χ3v) is 4.99. The number of hydrogen-bond acceptors (Lipinski definition) is 5. The summed E-state index contributed by atoms with van der Waals surface area (Å²) in [6.45, 7) is 7.48. The van der Waals surface area contributed by atoms with Gasteiger partial charge in [-0.3, -0.25) is 14.4 Å². The maximum atomic E-state index is 12.2. The second kappa shape index (κ2) is 11.8. The Labute approximate surface area is 205 Å². The largest absolute Gasteiger partial charge is 0.457 e. The Balaban J connectivity index is 1.39. The van der Waals surface area contributed by atoms with Gasteiger partial charge in [-0.05, 0) is 98.5 Å². The molecule has 7 nitrogen and oxygen atoms in total. The molecule has 0 aliphatic carbocycles. The van der Waals surface area contributed by atoms with Crippen LogP contribution in [0.25, 0.3) is 0 Å². The summed E-state index contributed by atoms with van der Waals surface area (Å²) in [4.78, 5) is 36.1. The van der Waals surface area contributed by atoms with Gasteiger partial charge in [-0.15, -0.1) is 0 Å². The minimum atomic E-state index is -0.618. The second-order valence-corrected chi connectivity index (χ2v) is 8.58. The number of anilines is 2. The number of esters is 1. The summed E-state index contributed by atoms with van der Waals surface area (Å²) >= 11 is 0. The summed E-state index contributed by atoms with van der Waals surface area (Å²) in [5.41, 5.74) is 5.50. The molecule has 0 spiro atoms. The van der Waals surface area contributed by atoms with Gasteiger partial charge in [-0.1, -0.05) is 12.1 Å². The highest BCUT2D eigenvalue weighted by Crippen LogP contribution is 2.25. The number of benzene rings is 3. The molecule has 0 saturated heterocycles. The predicted molar refractivity (Wildman–Crippen MR) is 136 cm³/mol. The zero-order valence-electron chi connectivity index (χ0n) is 20.4. The fourth-order valence-electron chi connectivity index (χ4n) is 3.64. The van der Waals surface area contributed by atoms with Crippen LogP contribution in [0.4, 0.5) is 11.4 Å². The molecule has 2 N–H and O–H groups in total. The molecule has 0 heterocycles. The highest BCUT2D eigenvalue weighted by atomic mass is 16.5. The first-order valence-electron chi connectivity index (χ1n) is 11.4. The van der Waals surface area contributed by atoms with E-state index in [1.54, 1.807) is 24.3 Å². The zero-order valence-corrected chi connectivity index (χ0v) is 20.4. The quantitative estimate of drug-likeness (QED) is 0.393. The number of nitrogens with one attached hydrogen (secondary N) is 2. The van der Waals surface area contributed by atoms with Crippen LogP contribution in [0.2, 0.25) is 0 Å². The van der Waals surface area contributed by atoms with Crippen molar-refractivity contribution in [2.45, 2.75) is 40.5 Å². The summed E-state index contributed by atoms with van der Waals surface area (Å²) in [6.07, 6.45) is -0.186. The van der Waals surface area contributed by atoms with Crippen LogP contribution in [0, 0.1) is 27.7 Å². The van der Waals surface area contributed by atoms with Gasteiger partial charge in [0.25, 0.3) is 5.91 Å². The number of hydrogen-bond donors (Lipinski definition) is 2. The minimum absolute atomic E-state index is 0.0572. The Hall–Kier alpha value is -4.13. The molecule has 0 bridgehead atoms. The normalized spacial score (nSPS) is 10.4. The zero-order chi connectivity index (χ0) is 25.4. The lowest BCUT2D eigenvalue weighted by atomic mass is 10.1. The van der Waals surface area contributed by atoms with Gasteiger partial charge in [0.2, 0.25) is 5.91 Å². The van der Waals surface area contributed by atoms with Gasteiger partial charge in [0.05, 0.1) is 6.42 Å². The Morgan fingerprint density at radius 2 is 1.17 bits per heavy atom. The Morgan fingerprint density at radius 3 is 1.77 bits per heavy atom. The monoisotopic (exact) mass is 474 g/mol. The minimum Gasteiger partial charge on any atom is -0.457 e. The number of rotatable bonds is 9. The lowest BCUT2D eigenvalue weighted by Gasteiger charge is -2.10. The van der Waals surface area contributed by atoms with Crippen LogP contribution < -0.4 is 15.4 Å². The van der Waals surface area contributed by atoms with E-state index in [4.69, 9.17) is 9.47 Å². The molecule has 0 radical (unpaired) electrons. The van der Waals surface area contributed by atoms with Gasteiger partial charge >= 0.3 is 5.97 Å². The van der Waals surface area contributed by atoms with Crippen molar-refractivity contribution < 1.29 is 23.9 Å². The molecule has 0 atom stereocenters. The molecule has 3 aromatic carbocycles. The Kier molecular flexibility index (Phi) is 8.62. The van der Waals surface area contributed by atoms with Gasteiger partial charge in [0.15, 0.2) is 6.61 Å². The van der Waals surface area contributed by atoms with E-state index in [0.717, 1.165) is 28.0 Å². The van der Waals surface area contributed by atoms with Gasteiger partial charge < -0.3 is 20.1 Å². The lowest BCUT2D eigenvalue weighted by Crippen LogP contribution is -2.21. The first-order valence-corrected chi connectivity index (χ1v) is 11.4. The van der Waals surface area contributed by atoms with Crippen LogP contribution in [0.5, 0.6) is 11.5 Å². The number of amides is 2. The van der Waals surface area contributed by atoms with E-state index < -0.39 is 18.5 Å². The fourth-order valence-corrected chi connectivity index (χ4v) is 3.64. The van der Waals surface area contributed by atoms with Gasteiger partial charge in [0, 0.05) is 17.8 Å². The molecule has 0 aliphatic heterocycles. The summed E-state index contributed by atoms with van der Waals surface area (Å²) in [6, 6.07) is 18.6.